The Morgan fingerprint density at radius 3 is 2.00 bits per heavy atom. The summed E-state index contributed by atoms with van der Waals surface area (Å²) in [7, 11) is -3.63. The maximum Gasteiger partial charge on any atom is 0.261 e. The van der Waals surface area contributed by atoms with E-state index in [2.05, 4.69) is 30.8 Å². The van der Waals surface area contributed by atoms with Crippen molar-refractivity contribution in [3.05, 3.63) is 48.5 Å². The van der Waals surface area contributed by atoms with Crippen LogP contribution in [0.25, 0.3) is 0 Å². The Morgan fingerprint density at radius 1 is 0.889 bits per heavy atom. The van der Waals surface area contributed by atoms with Gasteiger partial charge in [-0.15, -0.1) is 0 Å². The van der Waals surface area contributed by atoms with Crippen molar-refractivity contribution >= 4 is 21.4 Å². The molecule has 2 N–H and O–H groups in total. The molecule has 146 valence electrons. The van der Waals surface area contributed by atoms with Crippen LogP contribution in [0.1, 0.15) is 46.5 Å². The predicted octanol–water partition coefficient (Wildman–Crippen LogP) is 5.02. The van der Waals surface area contributed by atoms with Crippen LogP contribution < -0.4 is 14.8 Å². The van der Waals surface area contributed by atoms with E-state index in [1.54, 1.807) is 36.4 Å². The van der Waals surface area contributed by atoms with Crippen LogP contribution in [0.4, 0.5) is 11.4 Å². The van der Waals surface area contributed by atoms with Gasteiger partial charge in [0, 0.05) is 16.9 Å². The number of anilines is 2. The summed E-state index contributed by atoms with van der Waals surface area (Å²) in [5.41, 5.74) is 1.42. The fourth-order valence-corrected chi connectivity index (χ4v) is 4.22. The molecule has 0 spiro atoms. The lowest BCUT2D eigenvalue weighted by molar-refractivity contribution is 0.210. The third-order valence-corrected chi connectivity index (χ3v) is 5.79. The number of hydrogen-bond acceptors (Lipinski definition) is 4. The molecule has 3 rings (SSSR count). The molecular formula is C21H28N2O3S. The number of hydrogen-bond donors (Lipinski definition) is 2. The van der Waals surface area contributed by atoms with Crippen LogP contribution in [0.3, 0.4) is 0 Å². The molecule has 0 aromatic heterocycles. The number of benzene rings is 2. The smallest absolute Gasteiger partial charge is 0.261 e. The van der Waals surface area contributed by atoms with Crippen LogP contribution in [-0.2, 0) is 10.0 Å². The summed E-state index contributed by atoms with van der Waals surface area (Å²) in [6.45, 7) is 6.22. The second-order valence-corrected chi connectivity index (χ2v) is 9.74. The molecule has 2 aromatic rings. The van der Waals surface area contributed by atoms with Gasteiger partial charge in [-0.05, 0) is 95.0 Å². The van der Waals surface area contributed by atoms with Gasteiger partial charge in [0.15, 0.2) is 0 Å². The van der Waals surface area contributed by atoms with Gasteiger partial charge in [-0.3, -0.25) is 4.72 Å². The molecule has 0 saturated heterocycles. The van der Waals surface area contributed by atoms with Gasteiger partial charge in [0.25, 0.3) is 10.0 Å². The van der Waals surface area contributed by atoms with Crippen molar-refractivity contribution < 1.29 is 13.2 Å². The summed E-state index contributed by atoms with van der Waals surface area (Å²) in [5, 5.41) is 3.35. The monoisotopic (exact) mass is 388 g/mol. The van der Waals surface area contributed by atoms with Gasteiger partial charge in [-0.2, -0.15) is 0 Å². The van der Waals surface area contributed by atoms with E-state index in [9.17, 15) is 8.42 Å². The van der Waals surface area contributed by atoms with Crippen molar-refractivity contribution in [1.29, 1.82) is 0 Å². The average molecular weight is 389 g/mol. The van der Waals surface area contributed by atoms with Crippen molar-refractivity contribution in [2.45, 2.75) is 63.0 Å². The van der Waals surface area contributed by atoms with Gasteiger partial charge in [0.2, 0.25) is 0 Å². The molecule has 1 fully saturated rings. The predicted molar refractivity (Wildman–Crippen MR) is 110 cm³/mol. The highest BCUT2D eigenvalue weighted by Gasteiger charge is 2.18. The molecule has 0 bridgehead atoms. The van der Waals surface area contributed by atoms with Gasteiger partial charge in [-0.25, -0.2) is 8.42 Å². The lowest BCUT2D eigenvalue weighted by atomic mass is 10.1. The van der Waals surface area contributed by atoms with E-state index in [0.717, 1.165) is 24.3 Å². The molecule has 0 amide bonds. The Balaban J connectivity index is 1.65. The molecule has 0 atom stereocenters. The summed E-state index contributed by atoms with van der Waals surface area (Å²) in [6, 6.07) is 13.9. The first kappa shape index (κ1) is 19.5. The molecule has 6 heteroatoms. The lowest BCUT2D eigenvalue weighted by Crippen LogP contribution is -2.25. The summed E-state index contributed by atoms with van der Waals surface area (Å²) in [6.07, 6.45) is 4.80. The fourth-order valence-electron chi connectivity index (χ4n) is 3.16. The van der Waals surface area contributed by atoms with E-state index in [-0.39, 0.29) is 16.5 Å². The quantitative estimate of drug-likeness (QED) is 0.729. The van der Waals surface area contributed by atoms with Crippen LogP contribution in [0.15, 0.2) is 53.4 Å². The zero-order valence-electron chi connectivity index (χ0n) is 16.2. The molecule has 0 aliphatic heterocycles. The minimum absolute atomic E-state index is 0.0522. The van der Waals surface area contributed by atoms with Crippen molar-refractivity contribution in [2.75, 3.05) is 10.0 Å². The van der Waals surface area contributed by atoms with Gasteiger partial charge in [-0.1, -0.05) is 0 Å². The maximum atomic E-state index is 12.6. The highest BCUT2D eigenvalue weighted by atomic mass is 32.2. The number of rotatable bonds is 6. The molecule has 0 radical (unpaired) electrons. The van der Waals surface area contributed by atoms with Gasteiger partial charge < -0.3 is 10.1 Å². The average Bonchev–Trinajstić information content (AvgIpc) is 3.09. The Labute approximate surface area is 162 Å². The molecule has 5 nitrogen and oxygen atoms in total. The van der Waals surface area contributed by atoms with Crippen molar-refractivity contribution in [3.63, 3.8) is 0 Å². The highest BCUT2D eigenvalue weighted by molar-refractivity contribution is 7.92. The van der Waals surface area contributed by atoms with Crippen LogP contribution in [-0.4, -0.2) is 20.1 Å². The summed E-state index contributed by atoms with van der Waals surface area (Å²) < 4.78 is 33.7. The largest absolute Gasteiger partial charge is 0.490 e. The molecular weight excluding hydrogens is 360 g/mol. The first-order valence-electron chi connectivity index (χ1n) is 9.39. The zero-order valence-corrected chi connectivity index (χ0v) is 17.0. The van der Waals surface area contributed by atoms with Crippen molar-refractivity contribution in [1.82, 2.24) is 0 Å². The Morgan fingerprint density at radius 2 is 1.44 bits per heavy atom. The summed E-state index contributed by atoms with van der Waals surface area (Å²) >= 11 is 0. The van der Waals surface area contributed by atoms with Crippen molar-refractivity contribution in [2.24, 2.45) is 0 Å². The Kier molecular flexibility index (Phi) is 5.65. The number of sulfonamides is 1. The van der Waals surface area contributed by atoms with Crippen LogP contribution in [0.2, 0.25) is 0 Å². The molecule has 1 aliphatic carbocycles. The van der Waals surface area contributed by atoms with E-state index in [1.807, 2.05) is 12.1 Å². The van der Waals surface area contributed by atoms with E-state index in [0.29, 0.717) is 5.69 Å². The molecule has 2 aromatic carbocycles. The number of ether oxygens (including phenoxy) is 1. The van der Waals surface area contributed by atoms with Crippen LogP contribution >= 0.6 is 0 Å². The number of nitrogens with one attached hydrogen (secondary N) is 2. The van der Waals surface area contributed by atoms with Crippen LogP contribution in [0, 0.1) is 0 Å². The van der Waals surface area contributed by atoms with Gasteiger partial charge >= 0.3 is 0 Å². The normalized spacial score (nSPS) is 15.5. The van der Waals surface area contributed by atoms with Gasteiger partial charge in [0.05, 0.1) is 11.0 Å². The second kappa shape index (κ2) is 7.80. The van der Waals surface area contributed by atoms with Crippen molar-refractivity contribution in [3.8, 4) is 5.75 Å². The minimum atomic E-state index is -3.63. The Bertz CT molecular complexity index is 848. The molecule has 27 heavy (non-hydrogen) atoms. The standard InChI is InChI=1S/C21H28N2O3S/c1-21(2,3)22-16-8-10-17(11-9-16)23-27(24,25)20-14-12-19(13-15-20)26-18-6-4-5-7-18/h8-15,18,22-23H,4-7H2,1-3H3. The summed E-state index contributed by atoms with van der Waals surface area (Å²) in [4.78, 5) is 0.221. The molecule has 1 saturated carbocycles. The minimum Gasteiger partial charge on any atom is -0.490 e. The van der Waals surface area contributed by atoms with E-state index < -0.39 is 10.0 Å². The molecule has 0 heterocycles. The third-order valence-electron chi connectivity index (χ3n) is 4.40. The van der Waals surface area contributed by atoms with Crippen LogP contribution in [0.5, 0.6) is 5.75 Å². The molecule has 1 aliphatic rings. The molecule has 0 unspecified atom stereocenters. The third kappa shape index (κ3) is 5.63. The SMILES string of the molecule is CC(C)(C)Nc1ccc(NS(=O)(=O)c2ccc(OC3CCCC3)cc2)cc1. The van der Waals surface area contributed by atoms with E-state index in [1.165, 1.54) is 12.8 Å². The fraction of sp³-hybridized carbons (Fsp3) is 0.429. The maximum absolute atomic E-state index is 12.6. The van der Waals surface area contributed by atoms with E-state index >= 15 is 0 Å². The van der Waals surface area contributed by atoms with E-state index in [4.69, 9.17) is 4.74 Å². The Hall–Kier alpha value is -2.21. The second-order valence-electron chi connectivity index (χ2n) is 8.05. The lowest BCUT2D eigenvalue weighted by Gasteiger charge is -2.22. The zero-order chi connectivity index (χ0) is 19.5. The van der Waals surface area contributed by atoms with Gasteiger partial charge in [0.1, 0.15) is 5.75 Å². The topological polar surface area (TPSA) is 67.4 Å². The first-order valence-corrected chi connectivity index (χ1v) is 10.9. The summed E-state index contributed by atoms with van der Waals surface area (Å²) in [5.74, 6) is 0.721. The first-order chi connectivity index (χ1) is 12.7. The highest BCUT2D eigenvalue weighted by Crippen LogP contribution is 2.26.